The van der Waals surface area contributed by atoms with Crippen LogP contribution >= 0.6 is 35.6 Å². The van der Waals surface area contributed by atoms with Crippen molar-refractivity contribution in [1.29, 1.82) is 0 Å². The van der Waals surface area contributed by atoms with Crippen LogP contribution in [0.3, 0.4) is 0 Å². The molecule has 0 radical (unpaired) electrons. The molecule has 0 atom stereocenters. The van der Waals surface area contributed by atoms with Crippen molar-refractivity contribution < 1.29 is 14.5 Å². The predicted molar refractivity (Wildman–Crippen MR) is 119 cm³/mol. The highest BCUT2D eigenvalue weighted by molar-refractivity contribution is 8.26. The van der Waals surface area contributed by atoms with E-state index in [4.69, 9.17) is 28.6 Å². The summed E-state index contributed by atoms with van der Waals surface area (Å²) in [5, 5.41) is 11.3. The molecule has 6 nitrogen and oxygen atoms in total. The Morgan fingerprint density at radius 1 is 1.28 bits per heavy atom. The molecule has 0 spiro atoms. The van der Waals surface area contributed by atoms with E-state index >= 15 is 0 Å². The molecule has 2 aromatic rings. The maximum absolute atomic E-state index is 12.5. The monoisotopic (exact) mass is 446 g/mol. The number of nitro benzene ring substituents is 1. The molecule has 2 aromatic carbocycles. The summed E-state index contributed by atoms with van der Waals surface area (Å²) in [6.45, 7) is 4.19. The molecule has 148 valence electrons. The number of benzene rings is 2. The summed E-state index contributed by atoms with van der Waals surface area (Å²) >= 11 is 12.6. The molecule has 3 rings (SSSR count). The molecule has 1 aliphatic rings. The Bertz CT molecular complexity index is 1020. The average Bonchev–Trinajstić information content (AvgIpc) is 2.95. The zero-order chi connectivity index (χ0) is 21.0. The Kier molecular flexibility index (Phi) is 6.68. The highest BCUT2D eigenvalue weighted by Gasteiger charge is 2.31. The second-order valence-electron chi connectivity index (χ2n) is 5.98. The number of thiocarbonyl (C=S) groups is 1. The molecule has 0 unspecified atom stereocenters. The van der Waals surface area contributed by atoms with Gasteiger partial charge >= 0.3 is 0 Å². The standard InChI is InChI=1S/C20H15ClN2O4S2/c1-2-9-22-19(24)18(29-20(22)28)11-14-10-15(21)5-8-17(14)27-12-13-3-6-16(7-4-13)23(25)26/h2-8,10-11H,1,9,12H2. The van der Waals surface area contributed by atoms with Crippen molar-refractivity contribution >= 4 is 57.6 Å². The second kappa shape index (κ2) is 9.21. The molecule has 0 bridgehead atoms. The van der Waals surface area contributed by atoms with Gasteiger partial charge in [-0.2, -0.15) is 0 Å². The first-order chi connectivity index (χ1) is 13.9. The predicted octanol–water partition coefficient (Wildman–Crippen LogP) is 5.21. The number of hydrogen-bond acceptors (Lipinski definition) is 6. The summed E-state index contributed by atoms with van der Waals surface area (Å²) in [7, 11) is 0. The van der Waals surface area contributed by atoms with Crippen molar-refractivity contribution in [3.63, 3.8) is 0 Å². The van der Waals surface area contributed by atoms with Crippen LogP contribution in [0.25, 0.3) is 6.08 Å². The van der Waals surface area contributed by atoms with Crippen LogP contribution in [0.4, 0.5) is 5.69 Å². The number of amides is 1. The zero-order valence-corrected chi connectivity index (χ0v) is 17.4. The Morgan fingerprint density at radius 3 is 2.66 bits per heavy atom. The number of carbonyl (C=O) groups excluding carboxylic acids is 1. The van der Waals surface area contributed by atoms with Gasteiger partial charge in [-0.25, -0.2) is 0 Å². The fraction of sp³-hybridized carbons (Fsp3) is 0.100. The Hall–Kier alpha value is -2.68. The highest BCUT2D eigenvalue weighted by atomic mass is 35.5. The number of halogens is 1. The molecule has 1 fully saturated rings. The number of ether oxygens (including phenoxy) is 1. The third kappa shape index (κ3) is 5.03. The van der Waals surface area contributed by atoms with Gasteiger partial charge in [0.1, 0.15) is 16.7 Å². The molecule has 1 amide bonds. The van der Waals surface area contributed by atoms with Gasteiger partial charge in [-0.15, -0.1) is 6.58 Å². The van der Waals surface area contributed by atoms with E-state index in [9.17, 15) is 14.9 Å². The van der Waals surface area contributed by atoms with E-state index in [1.54, 1.807) is 42.5 Å². The topological polar surface area (TPSA) is 72.7 Å². The summed E-state index contributed by atoms with van der Waals surface area (Å²) < 4.78 is 6.34. The van der Waals surface area contributed by atoms with Crippen molar-refractivity contribution in [3.8, 4) is 5.75 Å². The molecule has 0 saturated carbocycles. The van der Waals surface area contributed by atoms with Crippen LogP contribution in [0.1, 0.15) is 11.1 Å². The molecule has 0 aliphatic carbocycles. The van der Waals surface area contributed by atoms with E-state index in [0.717, 1.165) is 5.56 Å². The van der Waals surface area contributed by atoms with Crippen molar-refractivity contribution in [3.05, 3.63) is 86.3 Å². The van der Waals surface area contributed by atoms with Crippen molar-refractivity contribution in [2.45, 2.75) is 6.61 Å². The molecule has 1 aliphatic heterocycles. The van der Waals surface area contributed by atoms with Gasteiger partial charge in [-0.1, -0.05) is 41.7 Å². The molecule has 1 saturated heterocycles. The van der Waals surface area contributed by atoms with Crippen LogP contribution in [0.15, 0.2) is 60.0 Å². The summed E-state index contributed by atoms with van der Waals surface area (Å²) in [5.41, 5.74) is 1.43. The fourth-order valence-corrected chi connectivity index (χ4v) is 4.01. The van der Waals surface area contributed by atoms with Crippen LogP contribution in [-0.2, 0) is 11.4 Å². The summed E-state index contributed by atoms with van der Waals surface area (Å²) in [6.07, 6.45) is 3.31. The molecule has 9 heteroatoms. The largest absolute Gasteiger partial charge is 0.488 e. The Labute approximate surface area is 181 Å². The van der Waals surface area contributed by atoms with Crippen LogP contribution in [-0.4, -0.2) is 26.6 Å². The van der Waals surface area contributed by atoms with Crippen molar-refractivity contribution in [1.82, 2.24) is 4.90 Å². The lowest BCUT2D eigenvalue weighted by molar-refractivity contribution is -0.384. The third-order valence-electron chi connectivity index (χ3n) is 3.99. The maximum atomic E-state index is 12.5. The first-order valence-electron chi connectivity index (χ1n) is 8.41. The number of rotatable bonds is 7. The smallest absolute Gasteiger partial charge is 0.269 e. The van der Waals surface area contributed by atoms with Gasteiger partial charge < -0.3 is 4.74 Å². The minimum absolute atomic E-state index is 0.0162. The van der Waals surface area contributed by atoms with E-state index in [1.807, 2.05) is 0 Å². The van der Waals surface area contributed by atoms with Gasteiger partial charge in [0.2, 0.25) is 0 Å². The third-order valence-corrected chi connectivity index (χ3v) is 5.60. The van der Waals surface area contributed by atoms with Crippen molar-refractivity contribution in [2.24, 2.45) is 0 Å². The van der Waals surface area contributed by atoms with Crippen LogP contribution in [0, 0.1) is 10.1 Å². The normalized spacial score (nSPS) is 15.1. The van der Waals surface area contributed by atoms with Crippen molar-refractivity contribution in [2.75, 3.05) is 6.54 Å². The molecule has 1 heterocycles. The first kappa shape index (κ1) is 21.0. The lowest BCUT2D eigenvalue weighted by atomic mass is 10.1. The zero-order valence-electron chi connectivity index (χ0n) is 15.0. The lowest BCUT2D eigenvalue weighted by Gasteiger charge is -2.11. The van der Waals surface area contributed by atoms with Gasteiger partial charge in [-0.05, 0) is 42.0 Å². The van der Waals surface area contributed by atoms with Crippen LogP contribution in [0.5, 0.6) is 5.75 Å². The Morgan fingerprint density at radius 2 is 2.00 bits per heavy atom. The van der Waals surface area contributed by atoms with E-state index in [0.29, 0.717) is 32.1 Å². The quantitative estimate of drug-likeness (QED) is 0.191. The number of carbonyl (C=O) groups is 1. The molecule has 29 heavy (non-hydrogen) atoms. The number of hydrogen-bond donors (Lipinski definition) is 0. The summed E-state index contributed by atoms with van der Waals surface area (Å²) in [6, 6.07) is 11.2. The lowest BCUT2D eigenvalue weighted by Crippen LogP contribution is -2.27. The SMILES string of the molecule is C=CCN1C(=O)C(=Cc2cc(Cl)ccc2OCc2ccc([N+](=O)[O-])cc2)SC1=S. The molecular formula is C20H15ClN2O4S2. The van der Waals surface area contributed by atoms with E-state index in [-0.39, 0.29) is 18.2 Å². The average molecular weight is 447 g/mol. The van der Waals surface area contributed by atoms with Gasteiger partial charge in [-0.3, -0.25) is 19.8 Å². The maximum Gasteiger partial charge on any atom is 0.269 e. The van der Waals surface area contributed by atoms with E-state index in [1.165, 1.54) is 28.8 Å². The van der Waals surface area contributed by atoms with Crippen LogP contribution < -0.4 is 4.74 Å². The van der Waals surface area contributed by atoms with Gasteiger partial charge in [0.05, 0.1) is 9.83 Å². The van der Waals surface area contributed by atoms with Gasteiger partial charge in [0.15, 0.2) is 0 Å². The highest BCUT2D eigenvalue weighted by Crippen LogP contribution is 2.35. The summed E-state index contributed by atoms with van der Waals surface area (Å²) in [5.74, 6) is 0.336. The van der Waals surface area contributed by atoms with E-state index in [2.05, 4.69) is 6.58 Å². The molecule has 0 aromatic heterocycles. The summed E-state index contributed by atoms with van der Waals surface area (Å²) in [4.78, 5) is 24.8. The Balaban J connectivity index is 1.81. The number of non-ortho nitro benzene ring substituents is 1. The minimum Gasteiger partial charge on any atom is -0.488 e. The fourth-order valence-electron chi connectivity index (χ4n) is 2.57. The van der Waals surface area contributed by atoms with E-state index < -0.39 is 4.92 Å². The van der Waals surface area contributed by atoms with Gasteiger partial charge in [0, 0.05) is 29.3 Å². The van der Waals surface area contributed by atoms with Gasteiger partial charge in [0.25, 0.3) is 11.6 Å². The number of nitrogens with zero attached hydrogens (tertiary/aromatic N) is 2. The molecule has 0 N–H and O–H groups in total. The van der Waals surface area contributed by atoms with Crippen LogP contribution in [0.2, 0.25) is 5.02 Å². The number of nitro groups is 1. The first-order valence-corrected chi connectivity index (χ1v) is 10.0. The second-order valence-corrected chi connectivity index (χ2v) is 8.09. The minimum atomic E-state index is -0.454. The molecular weight excluding hydrogens is 432 g/mol. The number of thioether (sulfide) groups is 1.